The van der Waals surface area contributed by atoms with Gasteiger partial charge in [-0.15, -0.1) is 0 Å². The molecule has 0 atom stereocenters. The predicted molar refractivity (Wildman–Crippen MR) is 93.9 cm³/mol. The van der Waals surface area contributed by atoms with Gasteiger partial charge in [0.2, 0.25) is 0 Å². The van der Waals surface area contributed by atoms with Gasteiger partial charge in [-0.3, -0.25) is 9.59 Å². The Balaban J connectivity index is 1.68. The lowest BCUT2D eigenvalue weighted by atomic mass is 10.1. The summed E-state index contributed by atoms with van der Waals surface area (Å²) in [6, 6.07) is 13.5. The molecule has 0 aliphatic carbocycles. The molecule has 2 aromatic carbocycles. The SMILES string of the molecule is CCCCOC(=O)CCCCC(=O)Oc1ccc2ccccc2c1. The molecule has 0 spiro atoms. The van der Waals surface area contributed by atoms with Gasteiger partial charge in [-0.25, -0.2) is 0 Å². The first-order chi connectivity index (χ1) is 11.7. The highest BCUT2D eigenvalue weighted by Crippen LogP contribution is 2.21. The highest BCUT2D eigenvalue weighted by Gasteiger charge is 2.07. The van der Waals surface area contributed by atoms with Gasteiger partial charge in [-0.05, 0) is 42.2 Å². The fraction of sp³-hybridized carbons (Fsp3) is 0.400. The number of hydrogen-bond donors (Lipinski definition) is 0. The summed E-state index contributed by atoms with van der Waals surface area (Å²) in [7, 11) is 0. The Kier molecular flexibility index (Phi) is 7.27. The van der Waals surface area contributed by atoms with Crippen molar-refractivity contribution in [1.82, 2.24) is 0 Å². The Hall–Kier alpha value is -2.36. The van der Waals surface area contributed by atoms with Crippen LogP contribution in [0.3, 0.4) is 0 Å². The molecule has 0 saturated heterocycles. The number of ether oxygens (including phenoxy) is 2. The normalized spacial score (nSPS) is 10.5. The van der Waals surface area contributed by atoms with Gasteiger partial charge in [0.15, 0.2) is 0 Å². The molecular formula is C20H24O4. The molecule has 0 N–H and O–H groups in total. The number of carbonyl (C=O) groups is 2. The summed E-state index contributed by atoms with van der Waals surface area (Å²) < 4.78 is 10.4. The van der Waals surface area contributed by atoms with Crippen LogP contribution in [0.5, 0.6) is 5.75 Å². The van der Waals surface area contributed by atoms with Gasteiger partial charge < -0.3 is 9.47 Å². The molecule has 0 aromatic heterocycles. The molecule has 128 valence electrons. The molecule has 0 radical (unpaired) electrons. The Bertz CT molecular complexity index is 678. The Morgan fingerprint density at radius 3 is 2.33 bits per heavy atom. The molecule has 2 aromatic rings. The maximum Gasteiger partial charge on any atom is 0.311 e. The van der Waals surface area contributed by atoms with Crippen LogP contribution in [-0.4, -0.2) is 18.5 Å². The highest BCUT2D eigenvalue weighted by atomic mass is 16.5. The van der Waals surface area contributed by atoms with Crippen LogP contribution in [-0.2, 0) is 14.3 Å². The molecule has 24 heavy (non-hydrogen) atoms. The van der Waals surface area contributed by atoms with Crippen molar-refractivity contribution in [2.24, 2.45) is 0 Å². The minimum atomic E-state index is -0.273. The molecular weight excluding hydrogens is 304 g/mol. The third kappa shape index (κ3) is 6.03. The third-order valence-corrected chi connectivity index (χ3v) is 3.73. The van der Waals surface area contributed by atoms with Crippen molar-refractivity contribution in [2.75, 3.05) is 6.61 Å². The average Bonchev–Trinajstić information content (AvgIpc) is 2.59. The Morgan fingerprint density at radius 2 is 1.58 bits per heavy atom. The lowest BCUT2D eigenvalue weighted by Crippen LogP contribution is -2.09. The monoisotopic (exact) mass is 328 g/mol. The van der Waals surface area contributed by atoms with E-state index < -0.39 is 0 Å². The Morgan fingerprint density at radius 1 is 0.875 bits per heavy atom. The van der Waals surface area contributed by atoms with Crippen molar-refractivity contribution in [3.8, 4) is 5.75 Å². The molecule has 0 saturated carbocycles. The molecule has 0 unspecified atom stereocenters. The maximum absolute atomic E-state index is 11.9. The van der Waals surface area contributed by atoms with E-state index in [1.165, 1.54) is 0 Å². The van der Waals surface area contributed by atoms with E-state index in [1.807, 2.05) is 36.4 Å². The van der Waals surface area contributed by atoms with Crippen LogP contribution < -0.4 is 4.74 Å². The molecule has 0 aliphatic rings. The summed E-state index contributed by atoms with van der Waals surface area (Å²) in [5, 5.41) is 2.15. The highest BCUT2D eigenvalue weighted by molar-refractivity contribution is 5.84. The van der Waals surface area contributed by atoms with Crippen LogP contribution in [0.15, 0.2) is 42.5 Å². The van der Waals surface area contributed by atoms with Gasteiger partial charge in [0.05, 0.1) is 6.61 Å². The molecule has 4 nitrogen and oxygen atoms in total. The van der Waals surface area contributed by atoms with Gasteiger partial charge in [-0.2, -0.15) is 0 Å². The lowest BCUT2D eigenvalue weighted by molar-refractivity contribution is -0.144. The molecule has 0 heterocycles. The van der Waals surface area contributed by atoms with Gasteiger partial charge >= 0.3 is 11.9 Å². The second kappa shape index (κ2) is 9.71. The first kappa shape index (κ1) is 18.0. The molecule has 2 rings (SSSR count). The topological polar surface area (TPSA) is 52.6 Å². The lowest BCUT2D eigenvalue weighted by Gasteiger charge is -2.06. The number of fused-ring (bicyclic) bond motifs is 1. The van der Waals surface area contributed by atoms with Gasteiger partial charge in [0.1, 0.15) is 5.75 Å². The maximum atomic E-state index is 11.9. The van der Waals surface area contributed by atoms with Crippen LogP contribution in [0.2, 0.25) is 0 Å². The smallest absolute Gasteiger partial charge is 0.311 e. The first-order valence-corrected chi connectivity index (χ1v) is 8.54. The van der Waals surface area contributed by atoms with Crippen molar-refractivity contribution in [1.29, 1.82) is 0 Å². The van der Waals surface area contributed by atoms with E-state index in [1.54, 1.807) is 6.07 Å². The zero-order valence-electron chi connectivity index (χ0n) is 14.1. The second-order valence-corrected chi connectivity index (χ2v) is 5.76. The quantitative estimate of drug-likeness (QED) is 0.382. The molecule has 0 bridgehead atoms. The predicted octanol–water partition coefficient (Wildman–Crippen LogP) is 4.65. The van der Waals surface area contributed by atoms with Crippen molar-refractivity contribution in [2.45, 2.75) is 45.4 Å². The minimum absolute atomic E-state index is 0.189. The van der Waals surface area contributed by atoms with Crippen LogP contribution in [0.1, 0.15) is 45.4 Å². The van der Waals surface area contributed by atoms with E-state index in [0.29, 0.717) is 38.0 Å². The van der Waals surface area contributed by atoms with E-state index in [2.05, 4.69) is 6.92 Å². The standard InChI is InChI=1S/C20H24O4/c1-2-3-14-23-19(21)10-6-7-11-20(22)24-18-13-12-16-8-4-5-9-17(16)15-18/h4-5,8-9,12-13,15H,2-3,6-7,10-11,14H2,1H3. The fourth-order valence-corrected chi connectivity index (χ4v) is 2.35. The molecule has 4 heteroatoms. The minimum Gasteiger partial charge on any atom is -0.466 e. The summed E-state index contributed by atoms with van der Waals surface area (Å²) in [5.74, 6) is 0.0913. The molecule has 0 fully saturated rings. The number of esters is 2. The van der Waals surface area contributed by atoms with Crippen molar-refractivity contribution in [3.05, 3.63) is 42.5 Å². The molecule has 0 aliphatic heterocycles. The number of carbonyl (C=O) groups excluding carboxylic acids is 2. The van der Waals surface area contributed by atoms with E-state index in [9.17, 15) is 9.59 Å². The summed E-state index contributed by atoms with van der Waals surface area (Å²) in [5.41, 5.74) is 0. The second-order valence-electron chi connectivity index (χ2n) is 5.76. The van der Waals surface area contributed by atoms with Crippen LogP contribution in [0.25, 0.3) is 10.8 Å². The third-order valence-electron chi connectivity index (χ3n) is 3.73. The number of benzene rings is 2. The van der Waals surface area contributed by atoms with Gasteiger partial charge in [0.25, 0.3) is 0 Å². The molecule has 0 amide bonds. The zero-order chi connectivity index (χ0) is 17.2. The number of unbranched alkanes of at least 4 members (excludes halogenated alkanes) is 2. The van der Waals surface area contributed by atoms with Crippen LogP contribution >= 0.6 is 0 Å². The summed E-state index contributed by atoms with van der Waals surface area (Å²) in [4.78, 5) is 23.3. The van der Waals surface area contributed by atoms with E-state index in [0.717, 1.165) is 23.6 Å². The van der Waals surface area contributed by atoms with E-state index in [4.69, 9.17) is 9.47 Å². The van der Waals surface area contributed by atoms with Crippen LogP contribution in [0, 0.1) is 0 Å². The fourth-order valence-electron chi connectivity index (χ4n) is 2.35. The summed E-state index contributed by atoms with van der Waals surface area (Å²) >= 11 is 0. The largest absolute Gasteiger partial charge is 0.466 e. The summed E-state index contributed by atoms with van der Waals surface area (Å²) in [6.45, 7) is 2.54. The van der Waals surface area contributed by atoms with Crippen molar-refractivity contribution >= 4 is 22.7 Å². The number of rotatable bonds is 9. The number of hydrogen-bond acceptors (Lipinski definition) is 4. The van der Waals surface area contributed by atoms with Crippen molar-refractivity contribution in [3.63, 3.8) is 0 Å². The van der Waals surface area contributed by atoms with Gasteiger partial charge in [-0.1, -0.05) is 43.7 Å². The zero-order valence-corrected chi connectivity index (χ0v) is 14.1. The van der Waals surface area contributed by atoms with E-state index >= 15 is 0 Å². The average molecular weight is 328 g/mol. The van der Waals surface area contributed by atoms with E-state index in [-0.39, 0.29) is 11.9 Å². The van der Waals surface area contributed by atoms with Crippen LogP contribution in [0.4, 0.5) is 0 Å². The van der Waals surface area contributed by atoms with Gasteiger partial charge in [0, 0.05) is 12.8 Å². The summed E-state index contributed by atoms with van der Waals surface area (Å²) in [6.07, 6.45) is 3.81. The van der Waals surface area contributed by atoms with Crippen molar-refractivity contribution < 1.29 is 19.1 Å². The Labute approximate surface area is 142 Å². The first-order valence-electron chi connectivity index (χ1n) is 8.54.